The third-order valence-electron chi connectivity index (χ3n) is 6.64. The number of aliphatic hydroxyl groups is 2. The van der Waals surface area contributed by atoms with E-state index in [4.69, 9.17) is 9.47 Å². The number of hydrogen-bond acceptors (Lipinski definition) is 6. The predicted molar refractivity (Wildman–Crippen MR) is 94.0 cm³/mol. The van der Waals surface area contributed by atoms with Crippen LogP contribution in [0, 0.1) is 11.8 Å². The number of fused-ring (bicyclic) bond motifs is 5. The van der Waals surface area contributed by atoms with E-state index < -0.39 is 36.4 Å². The van der Waals surface area contributed by atoms with E-state index in [1.807, 2.05) is 0 Å². The van der Waals surface area contributed by atoms with Gasteiger partial charge in [-0.2, -0.15) is 0 Å². The van der Waals surface area contributed by atoms with E-state index in [9.17, 15) is 19.8 Å². The molecule has 0 aliphatic heterocycles. The monoisotopic (exact) mass is 364 g/mol. The fraction of sp³-hybridized carbons (Fsp3) is 0.700. The summed E-state index contributed by atoms with van der Waals surface area (Å²) in [7, 11) is 0. The van der Waals surface area contributed by atoms with E-state index in [0.717, 1.165) is 19.3 Å². The normalized spacial score (nSPS) is 34.3. The lowest BCUT2D eigenvalue weighted by Crippen LogP contribution is -2.57. The fourth-order valence-electron chi connectivity index (χ4n) is 5.30. The van der Waals surface area contributed by atoms with E-state index in [0.29, 0.717) is 30.8 Å². The molecular weight excluding hydrogens is 336 g/mol. The van der Waals surface area contributed by atoms with Crippen molar-refractivity contribution in [1.29, 1.82) is 0 Å². The standard InChI is InChI=1S/C20H28O6/c1-12(2)17(23)26-20-7-4-5-16(20)14-6-8-19(20,9-14)25-18(24)13(3)15(10-21)11-22/h14,16,21-22H,1,4-11H2,2-3H3. The minimum absolute atomic E-state index is 0.215. The van der Waals surface area contributed by atoms with E-state index in [2.05, 4.69) is 6.58 Å². The third-order valence-corrected chi connectivity index (χ3v) is 6.64. The molecule has 3 aliphatic rings. The van der Waals surface area contributed by atoms with Gasteiger partial charge in [-0.05, 0) is 63.9 Å². The lowest BCUT2D eigenvalue weighted by Gasteiger charge is -2.46. The van der Waals surface area contributed by atoms with Crippen molar-refractivity contribution in [2.24, 2.45) is 11.8 Å². The van der Waals surface area contributed by atoms with Crippen molar-refractivity contribution in [1.82, 2.24) is 0 Å². The second-order valence-electron chi connectivity index (χ2n) is 7.99. The lowest BCUT2D eigenvalue weighted by atomic mass is 9.74. The Hall–Kier alpha value is -1.66. The quantitative estimate of drug-likeness (QED) is 0.553. The minimum Gasteiger partial charge on any atom is -0.451 e. The van der Waals surface area contributed by atoms with Gasteiger partial charge in [-0.15, -0.1) is 0 Å². The average molecular weight is 364 g/mol. The van der Waals surface area contributed by atoms with E-state index in [1.54, 1.807) is 13.8 Å². The van der Waals surface area contributed by atoms with Crippen LogP contribution in [0.15, 0.2) is 23.3 Å². The largest absolute Gasteiger partial charge is 0.451 e. The molecule has 6 nitrogen and oxygen atoms in total. The molecule has 3 rings (SSSR count). The van der Waals surface area contributed by atoms with Gasteiger partial charge in [-0.25, -0.2) is 9.59 Å². The molecule has 4 atom stereocenters. The van der Waals surface area contributed by atoms with Crippen LogP contribution in [0.25, 0.3) is 0 Å². The van der Waals surface area contributed by atoms with Gasteiger partial charge in [0.2, 0.25) is 0 Å². The van der Waals surface area contributed by atoms with Gasteiger partial charge in [0, 0.05) is 17.1 Å². The Morgan fingerprint density at radius 2 is 1.77 bits per heavy atom. The molecule has 144 valence electrons. The topological polar surface area (TPSA) is 93.1 Å². The Labute approximate surface area is 153 Å². The molecule has 0 aromatic heterocycles. The molecule has 6 heteroatoms. The summed E-state index contributed by atoms with van der Waals surface area (Å²) in [6, 6.07) is 0. The van der Waals surface area contributed by atoms with Crippen molar-refractivity contribution in [3.05, 3.63) is 23.3 Å². The highest BCUT2D eigenvalue weighted by Gasteiger charge is 2.73. The molecule has 3 saturated carbocycles. The second kappa shape index (κ2) is 6.82. The molecule has 0 spiro atoms. The van der Waals surface area contributed by atoms with Crippen molar-refractivity contribution in [2.75, 3.05) is 13.2 Å². The summed E-state index contributed by atoms with van der Waals surface area (Å²) in [4.78, 5) is 25.1. The minimum atomic E-state index is -0.821. The first kappa shape index (κ1) is 19.1. The van der Waals surface area contributed by atoms with Gasteiger partial charge < -0.3 is 19.7 Å². The summed E-state index contributed by atoms with van der Waals surface area (Å²) < 4.78 is 12.0. The van der Waals surface area contributed by atoms with Gasteiger partial charge in [0.1, 0.15) is 0 Å². The van der Waals surface area contributed by atoms with Crippen LogP contribution in [0.2, 0.25) is 0 Å². The number of aliphatic hydroxyl groups excluding tert-OH is 2. The molecule has 3 aliphatic carbocycles. The Bertz CT molecular complexity index is 659. The van der Waals surface area contributed by atoms with Gasteiger partial charge in [-0.1, -0.05) is 6.58 Å². The van der Waals surface area contributed by atoms with Gasteiger partial charge in [0.25, 0.3) is 0 Å². The molecule has 2 bridgehead atoms. The van der Waals surface area contributed by atoms with E-state index in [1.165, 1.54) is 0 Å². The molecule has 4 unspecified atom stereocenters. The zero-order chi connectivity index (χ0) is 19.1. The van der Waals surface area contributed by atoms with Crippen LogP contribution in [0.3, 0.4) is 0 Å². The maximum atomic E-state index is 12.7. The highest BCUT2D eigenvalue weighted by Crippen LogP contribution is 2.66. The lowest BCUT2D eigenvalue weighted by molar-refractivity contribution is -0.210. The molecule has 26 heavy (non-hydrogen) atoms. The molecular formula is C20H28O6. The van der Waals surface area contributed by atoms with E-state index in [-0.39, 0.29) is 17.1 Å². The molecule has 0 saturated heterocycles. The average Bonchev–Trinajstić information content (AvgIpc) is 3.26. The number of carbonyl (C=O) groups is 2. The summed E-state index contributed by atoms with van der Waals surface area (Å²) in [5, 5.41) is 18.6. The zero-order valence-electron chi connectivity index (χ0n) is 15.5. The summed E-state index contributed by atoms with van der Waals surface area (Å²) >= 11 is 0. The Balaban J connectivity index is 1.93. The van der Waals surface area contributed by atoms with Crippen LogP contribution >= 0.6 is 0 Å². The zero-order valence-corrected chi connectivity index (χ0v) is 15.5. The summed E-state index contributed by atoms with van der Waals surface area (Å²) in [5.74, 6) is -0.380. The molecule has 0 aromatic rings. The van der Waals surface area contributed by atoms with Crippen molar-refractivity contribution in [3.63, 3.8) is 0 Å². The molecule has 0 aromatic carbocycles. The molecule has 0 heterocycles. The molecule has 3 fully saturated rings. The number of hydrogen-bond donors (Lipinski definition) is 2. The van der Waals surface area contributed by atoms with Crippen LogP contribution in [0.5, 0.6) is 0 Å². The number of ether oxygens (including phenoxy) is 2. The molecule has 0 amide bonds. The van der Waals surface area contributed by atoms with Gasteiger partial charge in [-0.3, -0.25) is 0 Å². The smallest absolute Gasteiger partial charge is 0.334 e. The first-order chi connectivity index (χ1) is 12.3. The predicted octanol–water partition coefficient (Wildman–Crippen LogP) is 2.04. The summed E-state index contributed by atoms with van der Waals surface area (Å²) in [5.41, 5.74) is -0.794. The first-order valence-electron chi connectivity index (χ1n) is 9.33. The van der Waals surface area contributed by atoms with Crippen molar-refractivity contribution >= 4 is 11.9 Å². The highest BCUT2D eigenvalue weighted by molar-refractivity contribution is 5.90. The van der Waals surface area contributed by atoms with Gasteiger partial charge in [0.05, 0.1) is 13.2 Å². The fourth-order valence-corrected chi connectivity index (χ4v) is 5.30. The van der Waals surface area contributed by atoms with E-state index >= 15 is 0 Å². The summed E-state index contributed by atoms with van der Waals surface area (Å²) in [6.45, 7) is 6.05. The van der Waals surface area contributed by atoms with Crippen LogP contribution in [-0.4, -0.2) is 46.6 Å². The van der Waals surface area contributed by atoms with Crippen LogP contribution < -0.4 is 0 Å². The van der Waals surface area contributed by atoms with Gasteiger partial charge >= 0.3 is 11.9 Å². The van der Waals surface area contributed by atoms with Crippen molar-refractivity contribution < 1.29 is 29.3 Å². The third kappa shape index (κ3) is 2.70. The number of carbonyl (C=O) groups excluding carboxylic acids is 2. The van der Waals surface area contributed by atoms with Crippen LogP contribution in [0.1, 0.15) is 52.4 Å². The first-order valence-corrected chi connectivity index (χ1v) is 9.33. The Morgan fingerprint density at radius 1 is 1.08 bits per heavy atom. The Kier molecular flexibility index (Phi) is 5.01. The maximum absolute atomic E-state index is 12.7. The van der Waals surface area contributed by atoms with Crippen molar-refractivity contribution in [2.45, 2.75) is 63.6 Å². The van der Waals surface area contributed by atoms with Gasteiger partial charge in [0.15, 0.2) is 11.2 Å². The SMILES string of the molecule is C=C(C)C(=O)OC12CCCC1C1CCC2(OC(=O)C(C)=C(CO)CO)C1. The number of rotatable bonds is 6. The summed E-state index contributed by atoms with van der Waals surface area (Å²) in [6.07, 6.45) is 4.94. The maximum Gasteiger partial charge on any atom is 0.334 e. The van der Waals surface area contributed by atoms with Crippen LogP contribution in [-0.2, 0) is 19.1 Å². The second-order valence-corrected chi connectivity index (χ2v) is 7.99. The van der Waals surface area contributed by atoms with Crippen LogP contribution in [0.4, 0.5) is 0 Å². The molecule has 2 N–H and O–H groups in total. The Morgan fingerprint density at radius 3 is 2.38 bits per heavy atom. The highest BCUT2D eigenvalue weighted by atomic mass is 16.6. The molecule has 0 radical (unpaired) electrons. The van der Waals surface area contributed by atoms with Crippen molar-refractivity contribution in [3.8, 4) is 0 Å². The number of esters is 2.